The van der Waals surface area contributed by atoms with E-state index in [2.05, 4.69) is 30.6 Å². The molecule has 3 aliphatic heterocycles. The number of carbonyl (C=O) groups excluding carboxylic acids is 2. The van der Waals surface area contributed by atoms with Gasteiger partial charge in [0.1, 0.15) is 17.9 Å². The zero-order chi connectivity index (χ0) is 23.8. The van der Waals surface area contributed by atoms with Crippen molar-refractivity contribution in [3.8, 4) is 5.75 Å². The maximum atomic E-state index is 13.0. The van der Waals surface area contributed by atoms with Crippen LogP contribution in [0.1, 0.15) is 74.7 Å². The Bertz CT molecular complexity index is 953. The summed E-state index contributed by atoms with van der Waals surface area (Å²) in [5.41, 5.74) is 2.35. The monoisotopic (exact) mass is 467 g/mol. The molecule has 7 nitrogen and oxygen atoms in total. The predicted octanol–water partition coefficient (Wildman–Crippen LogP) is 3.62. The molecule has 1 aromatic rings. The number of carbonyl (C=O) groups is 2. The van der Waals surface area contributed by atoms with E-state index in [4.69, 9.17) is 9.47 Å². The second-order valence-electron chi connectivity index (χ2n) is 10.5. The molecule has 7 heteroatoms. The Kier molecular flexibility index (Phi) is 6.67. The Morgan fingerprint density at radius 3 is 2.62 bits per heavy atom. The summed E-state index contributed by atoms with van der Waals surface area (Å²) in [5.74, 6) is 0.620. The maximum absolute atomic E-state index is 13.0. The maximum Gasteiger partial charge on any atom is 0.255 e. The summed E-state index contributed by atoms with van der Waals surface area (Å²) in [7, 11) is 0. The van der Waals surface area contributed by atoms with Crippen LogP contribution in [-0.2, 0) is 16.1 Å². The standard InChI is InChI=1S/C27H37N3O4/c1-17(2)33-20-11-13-29(14-12-20)23-5-4-6-25(23)34-21-8-9-22-19(15-21)16-30(27(22)32)24-10-7-18(3)28-26(24)31/h8-9,15,17,20,23-25H,3-7,10-14,16H2,1-2H3,(H,28,31)/t23-,24?,25-/m1/s1. The van der Waals surface area contributed by atoms with Gasteiger partial charge in [0.2, 0.25) is 5.91 Å². The summed E-state index contributed by atoms with van der Waals surface area (Å²) in [6.07, 6.45) is 7.72. The molecule has 0 aromatic heterocycles. The van der Waals surface area contributed by atoms with Crippen molar-refractivity contribution in [1.29, 1.82) is 0 Å². The third kappa shape index (κ3) is 4.73. The average molecular weight is 468 g/mol. The lowest BCUT2D eigenvalue weighted by Gasteiger charge is -2.38. The van der Waals surface area contributed by atoms with E-state index in [-0.39, 0.29) is 24.0 Å². The Balaban J connectivity index is 1.22. The van der Waals surface area contributed by atoms with E-state index < -0.39 is 6.04 Å². The molecule has 1 aliphatic carbocycles. The van der Waals surface area contributed by atoms with Crippen molar-refractivity contribution in [2.45, 2.75) is 95.7 Å². The molecule has 1 aromatic carbocycles. The topological polar surface area (TPSA) is 71.1 Å². The van der Waals surface area contributed by atoms with Gasteiger partial charge in [-0.2, -0.15) is 0 Å². The molecule has 0 radical (unpaired) electrons. The van der Waals surface area contributed by atoms with Crippen LogP contribution in [0.2, 0.25) is 0 Å². The summed E-state index contributed by atoms with van der Waals surface area (Å²) in [6, 6.07) is 5.79. The fraction of sp³-hybridized carbons (Fsp3) is 0.630. The number of rotatable bonds is 6. The number of nitrogens with zero attached hydrogens (tertiary/aromatic N) is 2. The number of piperidine rings is 2. The van der Waals surface area contributed by atoms with Crippen LogP contribution in [0, 0.1) is 0 Å². The van der Waals surface area contributed by atoms with Crippen molar-refractivity contribution < 1.29 is 19.1 Å². The number of benzene rings is 1. The number of nitrogens with one attached hydrogen (secondary N) is 1. The number of likely N-dealkylation sites (tertiary alicyclic amines) is 1. The first-order valence-electron chi connectivity index (χ1n) is 12.9. The van der Waals surface area contributed by atoms with Gasteiger partial charge in [-0.15, -0.1) is 0 Å². The van der Waals surface area contributed by atoms with Crippen LogP contribution in [0.25, 0.3) is 0 Å². The van der Waals surface area contributed by atoms with E-state index in [1.54, 1.807) is 4.90 Å². The number of hydrogen-bond donors (Lipinski definition) is 1. The smallest absolute Gasteiger partial charge is 0.255 e. The second-order valence-corrected chi connectivity index (χ2v) is 10.5. The molecule has 0 bridgehead atoms. The lowest BCUT2D eigenvalue weighted by molar-refractivity contribution is -0.126. The van der Waals surface area contributed by atoms with Gasteiger partial charge in [-0.05, 0) is 82.6 Å². The Hall–Kier alpha value is -2.38. The van der Waals surface area contributed by atoms with Crippen LogP contribution in [0.4, 0.5) is 0 Å². The molecule has 0 spiro atoms. The SMILES string of the molecule is C=C1CCC(N2Cc3cc(O[C@@H]4CCC[C@H]4N4CCC(OC(C)C)CC4)ccc3C2=O)C(=O)N1. The number of amides is 2. The average Bonchev–Trinajstić information content (AvgIpc) is 3.38. The van der Waals surface area contributed by atoms with Crippen LogP contribution in [0.5, 0.6) is 5.75 Å². The van der Waals surface area contributed by atoms with E-state index in [0.717, 1.165) is 49.4 Å². The Morgan fingerprint density at radius 1 is 1.09 bits per heavy atom. The van der Waals surface area contributed by atoms with Crippen molar-refractivity contribution in [1.82, 2.24) is 15.1 Å². The highest BCUT2D eigenvalue weighted by atomic mass is 16.5. The van der Waals surface area contributed by atoms with Crippen LogP contribution in [-0.4, -0.2) is 65.1 Å². The van der Waals surface area contributed by atoms with Crippen molar-refractivity contribution in [2.75, 3.05) is 13.1 Å². The molecule has 1 N–H and O–H groups in total. The molecule has 34 heavy (non-hydrogen) atoms. The van der Waals surface area contributed by atoms with Gasteiger partial charge in [0.05, 0.1) is 12.2 Å². The minimum atomic E-state index is -0.434. The molecule has 1 unspecified atom stereocenters. The van der Waals surface area contributed by atoms with E-state index in [0.29, 0.717) is 37.1 Å². The molecule has 184 valence electrons. The molecule has 3 heterocycles. The van der Waals surface area contributed by atoms with Gasteiger partial charge in [0.15, 0.2) is 0 Å². The van der Waals surface area contributed by atoms with Gasteiger partial charge >= 0.3 is 0 Å². The fourth-order valence-electron chi connectivity index (χ4n) is 6.07. The van der Waals surface area contributed by atoms with Crippen molar-refractivity contribution in [3.05, 3.63) is 41.6 Å². The van der Waals surface area contributed by atoms with E-state index in [1.807, 2.05) is 18.2 Å². The lowest BCUT2D eigenvalue weighted by atomic mass is 10.0. The van der Waals surface area contributed by atoms with Gasteiger partial charge in [0.25, 0.3) is 5.91 Å². The van der Waals surface area contributed by atoms with Crippen LogP contribution in [0.3, 0.4) is 0 Å². The predicted molar refractivity (Wildman–Crippen MR) is 129 cm³/mol. The number of hydrogen-bond acceptors (Lipinski definition) is 5. The van der Waals surface area contributed by atoms with Crippen LogP contribution < -0.4 is 10.1 Å². The largest absolute Gasteiger partial charge is 0.489 e. The van der Waals surface area contributed by atoms with Gasteiger partial charge in [-0.3, -0.25) is 14.5 Å². The van der Waals surface area contributed by atoms with E-state index in [9.17, 15) is 9.59 Å². The van der Waals surface area contributed by atoms with Gasteiger partial charge in [-0.25, -0.2) is 0 Å². The minimum Gasteiger partial charge on any atom is -0.489 e. The zero-order valence-electron chi connectivity index (χ0n) is 20.4. The highest BCUT2D eigenvalue weighted by molar-refractivity contribution is 6.01. The van der Waals surface area contributed by atoms with Gasteiger partial charge in [-0.1, -0.05) is 6.58 Å². The van der Waals surface area contributed by atoms with Gasteiger partial charge in [0, 0.05) is 36.9 Å². The molecular weight excluding hydrogens is 430 g/mol. The van der Waals surface area contributed by atoms with Gasteiger partial charge < -0.3 is 19.7 Å². The molecule has 2 saturated heterocycles. The lowest BCUT2D eigenvalue weighted by Crippen LogP contribution is -2.49. The first kappa shape index (κ1) is 23.4. The van der Waals surface area contributed by atoms with Crippen molar-refractivity contribution >= 4 is 11.8 Å². The third-order valence-corrected chi connectivity index (χ3v) is 7.72. The first-order valence-corrected chi connectivity index (χ1v) is 12.9. The van der Waals surface area contributed by atoms with Crippen molar-refractivity contribution in [2.24, 2.45) is 0 Å². The third-order valence-electron chi connectivity index (χ3n) is 7.72. The number of ether oxygens (including phenoxy) is 2. The highest BCUT2D eigenvalue weighted by Crippen LogP contribution is 2.34. The molecule has 2 amide bonds. The summed E-state index contributed by atoms with van der Waals surface area (Å²) in [6.45, 7) is 10.6. The highest BCUT2D eigenvalue weighted by Gasteiger charge is 2.39. The Labute approximate surface area is 202 Å². The summed E-state index contributed by atoms with van der Waals surface area (Å²) in [4.78, 5) is 29.7. The second kappa shape index (κ2) is 9.70. The summed E-state index contributed by atoms with van der Waals surface area (Å²) < 4.78 is 12.5. The molecule has 3 atom stereocenters. The summed E-state index contributed by atoms with van der Waals surface area (Å²) >= 11 is 0. The molecule has 3 fully saturated rings. The minimum absolute atomic E-state index is 0.0700. The zero-order valence-corrected chi connectivity index (χ0v) is 20.4. The summed E-state index contributed by atoms with van der Waals surface area (Å²) in [5, 5.41) is 2.80. The molecule has 1 saturated carbocycles. The van der Waals surface area contributed by atoms with Crippen molar-refractivity contribution in [3.63, 3.8) is 0 Å². The molecule has 5 rings (SSSR count). The van der Waals surface area contributed by atoms with E-state index >= 15 is 0 Å². The normalized spacial score (nSPS) is 28.5. The number of fused-ring (bicyclic) bond motifs is 1. The quantitative estimate of drug-likeness (QED) is 0.692. The molecule has 4 aliphatic rings. The molecular formula is C27H37N3O4. The first-order chi connectivity index (χ1) is 16.4. The number of allylic oxidation sites excluding steroid dienone is 1. The van der Waals surface area contributed by atoms with E-state index in [1.165, 1.54) is 12.8 Å². The fourth-order valence-corrected chi connectivity index (χ4v) is 6.07. The van der Waals surface area contributed by atoms with Crippen LogP contribution >= 0.6 is 0 Å². The Morgan fingerprint density at radius 2 is 1.88 bits per heavy atom. The van der Waals surface area contributed by atoms with Crippen LogP contribution in [0.15, 0.2) is 30.5 Å².